The van der Waals surface area contributed by atoms with Gasteiger partial charge in [-0.3, -0.25) is 4.99 Å². The monoisotopic (exact) mass is 314 g/mol. The van der Waals surface area contributed by atoms with Crippen molar-refractivity contribution in [1.29, 1.82) is 0 Å². The van der Waals surface area contributed by atoms with Gasteiger partial charge >= 0.3 is 0 Å². The van der Waals surface area contributed by atoms with Crippen LogP contribution in [-0.2, 0) is 0 Å². The van der Waals surface area contributed by atoms with Crippen LogP contribution in [0.2, 0.25) is 0 Å². The number of aromatic nitrogens is 1. The Bertz CT molecular complexity index is 1030. The van der Waals surface area contributed by atoms with Crippen LogP contribution in [0.25, 0.3) is 16.5 Å². The highest BCUT2D eigenvalue weighted by atomic mass is 19.1. The van der Waals surface area contributed by atoms with Gasteiger partial charge in [0.05, 0.1) is 17.6 Å². The fourth-order valence-corrected chi connectivity index (χ4v) is 2.76. The second-order valence-corrected chi connectivity index (χ2v) is 5.57. The van der Waals surface area contributed by atoms with Gasteiger partial charge in [-0.25, -0.2) is 4.39 Å². The fourth-order valence-electron chi connectivity index (χ4n) is 2.76. The molecule has 0 fully saturated rings. The van der Waals surface area contributed by atoms with Gasteiger partial charge in [0.1, 0.15) is 5.82 Å². The normalized spacial score (nSPS) is 11.4. The Morgan fingerprint density at radius 2 is 1.67 bits per heavy atom. The molecule has 3 aromatic carbocycles. The number of hydrogen-bond acceptors (Lipinski definition) is 1. The molecule has 0 saturated carbocycles. The molecule has 0 bridgehead atoms. The fraction of sp³-hybridized carbons (Fsp3) is 0. The SMILES string of the molecule is Fc1cccc(N=Cc2cccn2-c2ccc3ccccc3c2)c1. The van der Waals surface area contributed by atoms with E-state index in [1.165, 1.54) is 22.9 Å². The minimum Gasteiger partial charge on any atom is -0.316 e. The highest BCUT2D eigenvalue weighted by molar-refractivity contribution is 5.86. The maximum Gasteiger partial charge on any atom is 0.125 e. The van der Waals surface area contributed by atoms with Crippen molar-refractivity contribution in [2.24, 2.45) is 4.99 Å². The third kappa shape index (κ3) is 2.84. The molecule has 4 rings (SSSR count). The summed E-state index contributed by atoms with van der Waals surface area (Å²) in [6, 6.07) is 24.8. The number of nitrogens with zero attached hydrogens (tertiary/aromatic N) is 2. The third-order valence-corrected chi connectivity index (χ3v) is 3.95. The molecule has 0 aliphatic heterocycles. The van der Waals surface area contributed by atoms with Crippen LogP contribution in [0.1, 0.15) is 5.69 Å². The molecule has 0 radical (unpaired) electrons. The van der Waals surface area contributed by atoms with E-state index < -0.39 is 0 Å². The molecule has 0 amide bonds. The van der Waals surface area contributed by atoms with Crippen LogP contribution >= 0.6 is 0 Å². The number of aliphatic imine (C=N–C) groups is 1. The molecular formula is C21H15FN2. The minimum atomic E-state index is -0.283. The van der Waals surface area contributed by atoms with Gasteiger partial charge in [-0.05, 0) is 53.2 Å². The maximum atomic E-state index is 13.2. The Hall–Kier alpha value is -3.20. The summed E-state index contributed by atoms with van der Waals surface area (Å²) >= 11 is 0. The largest absolute Gasteiger partial charge is 0.316 e. The summed E-state index contributed by atoms with van der Waals surface area (Å²) in [5.74, 6) is -0.283. The Kier molecular flexibility index (Phi) is 3.67. The van der Waals surface area contributed by atoms with Gasteiger partial charge < -0.3 is 4.57 Å². The first-order valence-corrected chi connectivity index (χ1v) is 7.76. The second kappa shape index (κ2) is 6.13. The highest BCUT2D eigenvalue weighted by Crippen LogP contribution is 2.20. The Balaban J connectivity index is 1.71. The molecule has 2 nitrogen and oxygen atoms in total. The zero-order chi connectivity index (χ0) is 16.4. The predicted molar refractivity (Wildman–Crippen MR) is 96.9 cm³/mol. The van der Waals surface area contributed by atoms with Crippen LogP contribution in [0.3, 0.4) is 0 Å². The third-order valence-electron chi connectivity index (χ3n) is 3.95. The molecule has 1 heterocycles. The Labute approximate surface area is 139 Å². The molecule has 0 unspecified atom stereocenters. The highest BCUT2D eigenvalue weighted by Gasteiger charge is 2.03. The van der Waals surface area contributed by atoms with E-state index in [4.69, 9.17) is 0 Å². The van der Waals surface area contributed by atoms with Gasteiger partial charge in [-0.15, -0.1) is 0 Å². The van der Waals surface area contributed by atoms with Crippen LogP contribution in [-0.4, -0.2) is 10.8 Å². The standard InChI is InChI=1S/C21H15FN2/c22-18-7-3-8-19(14-18)23-15-21-9-4-12-24(21)20-11-10-16-5-1-2-6-17(16)13-20/h1-15H. The summed E-state index contributed by atoms with van der Waals surface area (Å²) in [5.41, 5.74) is 2.61. The molecular weight excluding hydrogens is 299 g/mol. The van der Waals surface area contributed by atoms with Crippen molar-refractivity contribution in [1.82, 2.24) is 4.57 Å². The zero-order valence-electron chi connectivity index (χ0n) is 12.9. The van der Waals surface area contributed by atoms with Crippen molar-refractivity contribution in [3.05, 3.63) is 96.6 Å². The van der Waals surface area contributed by atoms with Crippen molar-refractivity contribution < 1.29 is 4.39 Å². The van der Waals surface area contributed by atoms with Gasteiger partial charge in [0, 0.05) is 11.9 Å². The first kappa shape index (κ1) is 14.4. The second-order valence-electron chi connectivity index (χ2n) is 5.57. The molecule has 1 aromatic heterocycles. The Morgan fingerprint density at radius 3 is 2.54 bits per heavy atom. The quantitative estimate of drug-likeness (QED) is 0.443. The summed E-state index contributed by atoms with van der Waals surface area (Å²) in [4.78, 5) is 4.37. The number of hydrogen-bond donors (Lipinski definition) is 0. The van der Waals surface area contributed by atoms with Crippen molar-refractivity contribution in [3.63, 3.8) is 0 Å². The van der Waals surface area contributed by atoms with Gasteiger partial charge in [-0.1, -0.05) is 36.4 Å². The lowest BCUT2D eigenvalue weighted by atomic mass is 10.1. The molecule has 4 aromatic rings. The molecule has 0 aliphatic carbocycles. The predicted octanol–water partition coefficient (Wildman–Crippen LogP) is 5.52. The number of fused-ring (bicyclic) bond motifs is 1. The first-order valence-electron chi connectivity index (χ1n) is 7.76. The molecule has 0 saturated heterocycles. The zero-order valence-corrected chi connectivity index (χ0v) is 12.9. The average molecular weight is 314 g/mol. The summed E-state index contributed by atoms with van der Waals surface area (Å²) in [5, 5.41) is 2.40. The van der Waals surface area contributed by atoms with Crippen LogP contribution in [0.5, 0.6) is 0 Å². The van der Waals surface area contributed by atoms with E-state index >= 15 is 0 Å². The van der Waals surface area contributed by atoms with Gasteiger partial charge in [0.15, 0.2) is 0 Å². The summed E-state index contributed by atoms with van der Waals surface area (Å²) in [6.07, 6.45) is 3.75. The van der Waals surface area contributed by atoms with Crippen molar-refractivity contribution in [2.45, 2.75) is 0 Å². The van der Waals surface area contributed by atoms with E-state index in [2.05, 4.69) is 39.9 Å². The van der Waals surface area contributed by atoms with Crippen LogP contribution in [0.15, 0.2) is 90.1 Å². The van der Waals surface area contributed by atoms with E-state index in [0.717, 1.165) is 11.4 Å². The summed E-state index contributed by atoms with van der Waals surface area (Å²) in [7, 11) is 0. The number of rotatable bonds is 3. The van der Waals surface area contributed by atoms with Gasteiger partial charge in [-0.2, -0.15) is 0 Å². The molecule has 0 N–H and O–H groups in total. The van der Waals surface area contributed by atoms with Crippen molar-refractivity contribution >= 4 is 22.7 Å². The van der Waals surface area contributed by atoms with Crippen molar-refractivity contribution in [3.8, 4) is 5.69 Å². The van der Waals surface area contributed by atoms with E-state index in [9.17, 15) is 4.39 Å². The van der Waals surface area contributed by atoms with Crippen LogP contribution in [0.4, 0.5) is 10.1 Å². The molecule has 0 aliphatic rings. The molecule has 3 heteroatoms. The van der Waals surface area contributed by atoms with E-state index in [-0.39, 0.29) is 5.82 Å². The maximum absolute atomic E-state index is 13.2. The molecule has 116 valence electrons. The smallest absolute Gasteiger partial charge is 0.125 e. The van der Waals surface area contributed by atoms with E-state index in [1.807, 2.05) is 30.5 Å². The van der Waals surface area contributed by atoms with Gasteiger partial charge in [0.25, 0.3) is 0 Å². The summed E-state index contributed by atoms with van der Waals surface area (Å²) < 4.78 is 15.3. The van der Waals surface area contributed by atoms with E-state index in [0.29, 0.717) is 5.69 Å². The topological polar surface area (TPSA) is 17.3 Å². The number of benzene rings is 3. The van der Waals surface area contributed by atoms with Crippen LogP contribution < -0.4 is 0 Å². The minimum absolute atomic E-state index is 0.283. The molecule has 0 atom stereocenters. The lowest BCUT2D eigenvalue weighted by Crippen LogP contribution is -1.97. The van der Waals surface area contributed by atoms with Crippen LogP contribution in [0, 0.1) is 5.82 Å². The van der Waals surface area contributed by atoms with Gasteiger partial charge in [0.2, 0.25) is 0 Å². The lowest BCUT2D eigenvalue weighted by Gasteiger charge is -2.08. The summed E-state index contributed by atoms with van der Waals surface area (Å²) in [6.45, 7) is 0. The lowest BCUT2D eigenvalue weighted by molar-refractivity contribution is 0.628. The average Bonchev–Trinajstić information content (AvgIpc) is 3.08. The molecule has 24 heavy (non-hydrogen) atoms. The number of halogens is 1. The molecule has 0 spiro atoms. The van der Waals surface area contributed by atoms with E-state index in [1.54, 1.807) is 18.3 Å². The van der Waals surface area contributed by atoms with Crippen molar-refractivity contribution in [2.75, 3.05) is 0 Å². The Morgan fingerprint density at radius 1 is 0.792 bits per heavy atom. The first-order chi connectivity index (χ1) is 11.8.